The molecule has 3 nitrogen and oxygen atoms in total. The molecule has 1 aromatic heterocycles. The minimum Gasteiger partial charge on any atom is -0.327 e. The molecular weight excluding hydrogens is 358 g/mol. The second kappa shape index (κ2) is 7.58. The minimum absolute atomic E-state index is 0.272. The normalized spacial score (nSPS) is 13.3. The van der Waals surface area contributed by atoms with E-state index in [0.717, 1.165) is 34.1 Å². The first kappa shape index (κ1) is 16.1. The molecule has 1 heterocycles. The van der Waals surface area contributed by atoms with Crippen molar-refractivity contribution in [1.82, 2.24) is 9.88 Å². The second-order valence-corrected chi connectivity index (χ2v) is 6.79. The Bertz CT molecular complexity index is 382. The Balaban J connectivity index is 2.47. The van der Waals surface area contributed by atoms with Gasteiger partial charge in [0.2, 0.25) is 0 Å². The number of nitrogens with two attached hydrogens (primary N) is 1. The number of aromatic nitrogens is 1. The molecule has 1 atom stereocenters. The van der Waals surface area contributed by atoms with E-state index in [1.165, 1.54) is 0 Å². The van der Waals surface area contributed by atoms with Crippen LogP contribution in [0.1, 0.15) is 26.0 Å². The van der Waals surface area contributed by atoms with Gasteiger partial charge in [0.15, 0.2) is 0 Å². The zero-order valence-corrected chi connectivity index (χ0v) is 14.3. The SMILES string of the molecule is CC(C)C(N)CCN(C)Cc1ncc(Br)cc1Br. The summed E-state index contributed by atoms with van der Waals surface area (Å²) in [5.74, 6) is 0.538. The molecule has 2 N–H and O–H groups in total. The molecule has 0 amide bonds. The summed E-state index contributed by atoms with van der Waals surface area (Å²) in [6.45, 7) is 6.15. The Morgan fingerprint density at radius 2 is 2.06 bits per heavy atom. The van der Waals surface area contributed by atoms with Gasteiger partial charge in [-0.15, -0.1) is 0 Å². The van der Waals surface area contributed by atoms with E-state index in [4.69, 9.17) is 5.73 Å². The molecule has 0 aliphatic carbocycles. The van der Waals surface area contributed by atoms with Crippen molar-refractivity contribution in [3.63, 3.8) is 0 Å². The molecule has 0 saturated carbocycles. The van der Waals surface area contributed by atoms with Crippen molar-refractivity contribution in [1.29, 1.82) is 0 Å². The van der Waals surface area contributed by atoms with E-state index in [2.05, 4.69) is 62.6 Å². The van der Waals surface area contributed by atoms with Gasteiger partial charge in [-0.1, -0.05) is 13.8 Å². The number of halogens is 2. The Hall–Kier alpha value is 0.0300. The lowest BCUT2D eigenvalue weighted by Crippen LogP contribution is -2.31. The van der Waals surface area contributed by atoms with Crippen LogP contribution in [0.3, 0.4) is 0 Å². The van der Waals surface area contributed by atoms with Gasteiger partial charge in [0.1, 0.15) is 0 Å². The minimum atomic E-state index is 0.272. The predicted molar refractivity (Wildman–Crippen MR) is 83.4 cm³/mol. The summed E-state index contributed by atoms with van der Waals surface area (Å²) < 4.78 is 2.03. The van der Waals surface area contributed by atoms with E-state index in [0.29, 0.717) is 5.92 Å². The third kappa shape index (κ3) is 5.34. The molecule has 0 aliphatic rings. The molecule has 1 unspecified atom stereocenters. The Morgan fingerprint density at radius 3 is 2.61 bits per heavy atom. The van der Waals surface area contributed by atoms with E-state index < -0.39 is 0 Å². The fourth-order valence-electron chi connectivity index (χ4n) is 1.60. The van der Waals surface area contributed by atoms with E-state index in [1.807, 2.05) is 12.3 Å². The van der Waals surface area contributed by atoms with E-state index >= 15 is 0 Å². The van der Waals surface area contributed by atoms with Crippen LogP contribution < -0.4 is 5.73 Å². The van der Waals surface area contributed by atoms with Crippen molar-refractivity contribution in [2.45, 2.75) is 32.9 Å². The van der Waals surface area contributed by atoms with Crippen LogP contribution in [0, 0.1) is 5.92 Å². The van der Waals surface area contributed by atoms with Gasteiger partial charge < -0.3 is 10.6 Å². The number of pyridine rings is 1. The summed E-state index contributed by atoms with van der Waals surface area (Å²) in [5.41, 5.74) is 7.10. The molecule has 0 aliphatic heterocycles. The largest absolute Gasteiger partial charge is 0.327 e. The van der Waals surface area contributed by atoms with Gasteiger partial charge >= 0.3 is 0 Å². The second-order valence-electron chi connectivity index (χ2n) is 5.02. The molecule has 0 bridgehead atoms. The fourth-order valence-corrected chi connectivity index (χ4v) is 2.71. The first-order valence-electron chi connectivity index (χ1n) is 6.14. The van der Waals surface area contributed by atoms with Crippen molar-refractivity contribution in [2.75, 3.05) is 13.6 Å². The van der Waals surface area contributed by atoms with Crippen molar-refractivity contribution >= 4 is 31.9 Å². The molecule has 1 aromatic rings. The first-order valence-corrected chi connectivity index (χ1v) is 7.72. The summed E-state index contributed by atoms with van der Waals surface area (Å²) in [7, 11) is 2.10. The van der Waals surface area contributed by atoms with Crippen LogP contribution in [0.15, 0.2) is 21.2 Å². The zero-order chi connectivity index (χ0) is 13.7. The van der Waals surface area contributed by atoms with Crippen molar-refractivity contribution in [3.05, 3.63) is 26.9 Å². The van der Waals surface area contributed by atoms with Gasteiger partial charge in [-0.2, -0.15) is 0 Å². The maximum absolute atomic E-state index is 6.05. The highest BCUT2D eigenvalue weighted by Gasteiger charge is 2.10. The monoisotopic (exact) mass is 377 g/mol. The lowest BCUT2D eigenvalue weighted by atomic mass is 10.0. The summed E-state index contributed by atoms with van der Waals surface area (Å²) in [5, 5.41) is 0. The Morgan fingerprint density at radius 1 is 1.39 bits per heavy atom. The van der Waals surface area contributed by atoms with Crippen molar-refractivity contribution < 1.29 is 0 Å². The standard InChI is InChI=1S/C13H21Br2N3/c1-9(2)12(16)4-5-18(3)8-13-11(15)6-10(14)7-17-13/h6-7,9,12H,4-5,8,16H2,1-3H3. The highest BCUT2D eigenvalue weighted by atomic mass is 79.9. The first-order chi connectivity index (χ1) is 8.40. The van der Waals surface area contributed by atoms with Crippen LogP contribution in [0.2, 0.25) is 0 Å². The topological polar surface area (TPSA) is 42.1 Å². The number of rotatable bonds is 6. The third-order valence-electron chi connectivity index (χ3n) is 3.00. The predicted octanol–water partition coefficient (Wildman–Crippen LogP) is 3.41. The lowest BCUT2D eigenvalue weighted by Gasteiger charge is -2.21. The van der Waals surface area contributed by atoms with Crippen molar-refractivity contribution in [3.8, 4) is 0 Å². The molecule has 0 fully saturated rings. The average Bonchev–Trinajstić information content (AvgIpc) is 2.29. The average molecular weight is 379 g/mol. The molecule has 0 radical (unpaired) electrons. The smallest absolute Gasteiger partial charge is 0.0686 e. The molecular formula is C13H21Br2N3. The summed E-state index contributed by atoms with van der Waals surface area (Å²) in [6.07, 6.45) is 2.84. The van der Waals surface area contributed by atoms with Crippen LogP contribution in [-0.2, 0) is 6.54 Å². The maximum atomic E-state index is 6.05. The highest BCUT2D eigenvalue weighted by molar-refractivity contribution is 9.11. The molecule has 0 spiro atoms. The van der Waals surface area contributed by atoms with E-state index in [9.17, 15) is 0 Å². The van der Waals surface area contributed by atoms with Crippen molar-refractivity contribution in [2.24, 2.45) is 11.7 Å². The van der Waals surface area contributed by atoms with Gasteiger partial charge in [-0.25, -0.2) is 0 Å². The number of hydrogen-bond acceptors (Lipinski definition) is 3. The van der Waals surface area contributed by atoms with E-state index in [1.54, 1.807) is 0 Å². The summed E-state index contributed by atoms with van der Waals surface area (Å²) in [6, 6.07) is 2.30. The molecule has 102 valence electrons. The summed E-state index contributed by atoms with van der Waals surface area (Å²) >= 11 is 6.94. The van der Waals surface area contributed by atoms with Crippen LogP contribution >= 0.6 is 31.9 Å². The van der Waals surface area contributed by atoms with Crippen LogP contribution in [-0.4, -0.2) is 29.5 Å². The van der Waals surface area contributed by atoms with Gasteiger partial charge in [-0.3, -0.25) is 4.98 Å². The zero-order valence-electron chi connectivity index (χ0n) is 11.2. The number of hydrogen-bond donors (Lipinski definition) is 1. The quantitative estimate of drug-likeness (QED) is 0.824. The van der Waals surface area contributed by atoms with Crippen LogP contribution in [0.25, 0.3) is 0 Å². The Kier molecular flexibility index (Phi) is 6.77. The fraction of sp³-hybridized carbons (Fsp3) is 0.615. The molecule has 18 heavy (non-hydrogen) atoms. The maximum Gasteiger partial charge on any atom is 0.0686 e. The van der Waals surface area contributed by atoms with Gasteiger partial charge in [0.25, 0.3) is 0 Å². The molecule has 0 saturated heterocycles. The van der Waals surface area contributed by atoms with Crippen LogP contribution in [0.4, 0.5) is 0 Å². The number of nitrogens with zero attached hydrogens (tertiary/aromatic N) is 2. The van der Waals surface area contributed by atoms with Crippen LogP contribution in [0.5, 0.6) is 0 Å². The summed E-state index contributed by atoms with van der Waals surface area (Å²) in [4.78, 5) is 6.67. The lowest BCUT2D eigenvalue weighted by molar-refractivity contribution is 0.293. The molecule has 5 heteroatoms. The Labute approximate surface area is 126 Å². The van der Waals surface area contributed by atoms with Gasteiger partial charge in [0.05, 0.1) is 5.69 Å². The molecule has 0 aromatic carbocycles. The van der Waals surface area contributed by atoms with Gasteiger partial charge in [-0.05, 0) is 63.9 Å². The molecule has 1 rings (SSSR count). The highest BCUT2D eigenvalue weighted by Crippen LogP contribution is 2.20. The third-order valence-corrected chi connectivity index (χ3v) is 4.12. The van der Waals surface area contributed by atoms with E-state index in [-0.39, 0.29) is 6.04 Å². The van der Waals surface area contributed by atoms with Gasteiger partial charge in [0, 0.05) is 27.7 Å².